The minimum Gasteiger partial charge on any atom is -0.237 e. The van der Waals surface area contributed by atoms with E-state index in [1.165, 1.54) is 0 Å². The van der Waals surface area contributed by atoms with Gasteiger partial charge in [-0.25, -0.2) is 9.78 Å². The molecule has 2 heteroatoms. The second kappa shape index (κ2) is 6.05. The van der Waals surface area contributed by atoms with E-state index < -0.39 is 0 Å². The smallest absolute Gasteiger partial charge is 0.0845 e. The summed E-state index contributed by atoms with van der Waals surface area (Å²) in [7, 11) is 0. The molecule has 0 rings (SSSR count). The summed E-state index contributed by atoms with van der Waals surface area (Å²) in [6.45, 7) is 7.63. The van der Waals surface area contributed by atoms with Crippen LogP contribution >= 0.6 is 0 Å². The minimum atomic E-state index is 0.557. The van der Waals surface area contributed by atoms with Crippen molar-refractivity contribution >= 4 is 0 Å². The van der Waals surface area contributed by atoms with Crippen LogP contribution in [0.25, 0.3) is 0 Å². The number of hydrogen-bond acceptors (Lipinski definition) is 2. The van der Waals surface area contributed by atoms with E-state index in [9.17, 15) is 0 Å². The van der Waals surface area contributed by atoms with Crippen LogP contribution in [-0.2, 0) is 9.78 Å². The van der Waals surface area contributed by atoms with Gasteiger partial charge in [-0.3, -0.25) is 0 Å². The Morgan fingerprint density at radius 3 is 2.33 bits per heavy atom. The lowest BCUT2D eigenvalue weighted by Gasteiger charge is -2.03. The first kappa shape index (κ1) is 8.92. The Morgan fingerprint density at radius 2 is 1.89 bits per heavy atom. The van der Waals surface area contributed by atoms with Crippen molar-refractivity contribution in [2.75, 3.05) is 13.2 Å². The van der Waals surface area contributed by atoms with E-state index >= 15 is 0 Å². The molecule has 2 nitrogen and oxygen atoms in total. The van der Waals surface area contributed by atoms with E-state index in [0.717, 1.165) is 6.42 Å². The Bertz CT molecular complexity index is 52.9. The fourth-order valence-electron chi connectivity index (χ4n) is 0.326. The van der Waals surface area contributed by atoms with Crippen LogP contribution in [0.15, 0.2) is 0 Å². The summed E-state index contributed by atoms with van der Waals surface area (Å²) in [5, 5.41) is 0. The highest BCUT2D eigenvalue weighted by Crippen LogP contribution is 1.92. The Hall–Kier alpha value is -0.0800. The SMILES string of the molecule is CCCOOCC(C)C. The summed E-state index contributed by atoms with van der Waals surface area (Å²) >= 11 is 0. The highest BCUT2D eigenvalue weighted by atomic mass is 17.2. The van der Waals surface area contributed by atoms with Crippen LogP contribution in [0.1, 0.15) is 27.2 Å². The van der Waals surface area contributed by atoms with Gasteiger partial charge in [0.1, 0.15) is 0 Å². The molecule has 0 saturated carbocycles. The van der Waals surface area contributed by atoms with Crippen molar-refractivity contribution in [1.82, 2.24) is 0 Å². The van der Waals surface area contributed by atoms with E-state index in [1.54, 1.807) is 0 Å². The van der Waals surface area contributed by atoms with Crippen molar-refractivity contribution in [3.05, 3.63) is 0 Å². The molecule has 0 heterocycles. The van der Waals surface area contributed by atoms with Crippen LogP contribution in [0.5, 0.6) is 0 Å². The van der Waals surface area contributed by atoms with E-state index in [4.69, 9.17) is 9.78 Å². The number of hydrogen-bond donors (Lipinski definition) is 0. The molecule has 0 saturated heterocycles. The molecule has 0 aromatic rings. The maximum absolute atomic E-state index is 4.84. The lowest BCUT2D eigenvalue weighted by Crippen LogP contribution is -2.03. The molecular weight excluding hydrogens is 116 g/mol. The molecule has 0 N–H and O–H groups in total. The zero-order chi connectivity index (χ0) is 7.11. The van der Waals surface area contributed by atoms with Crippen LogP contribution in [0, 0.1) is 5.92 Å². The molecule has 0 aliphatic carbocycles. The highest BCUT2D eigenvalue weighted by Gasteiger charge is 1.92. The van der Waals surface area contributed by atoms with Crippen molar-refractivity contribution < 1.29 is 9.78 Å². The van der Waals surface area contributed by atoms with Crippen LogP contribution in [0.3, 0.4) is 0 Å². The third kappa shape index (κ3) is 7.92. The lowest BCUT2D eigenvalue weighted by atomic mass is 10.2. The summed E-state index contributed by atoms with van der Waals surface area (Å²) < 4.78 is 0. The number of rotatable bonds is 5. The normalized spacial score (nSPS) is 10.7. The van der Waals surface area contributed by atoms with Gasteiger partial charge in [0.2, 0.25) is 0 Å². The van der Waals surface area contributed by atoms with Crippen molar-refractivity contribution in [3.8, 4) is 0 Å². The third-order valence-corrected chi connectivity index (χ3v) is 0.772. The molecule has 0 radical (unpaired) electrons. The first-order valence-electron chi connectivity index (χ1n) is 3.51. The molecule has 0 unspecified atom stereocenters. The Labute approximate surface area is 57.1 Å². The molecule has 0 aromatic heterocycles. The molecule has 56 valence electrons. The van der Waals surface area contributed by atoms with Crippen molar-refractivity contribution in [2.24, 2.45) is 5.92 Å². The van der Waals surface area contributed by atoms with Gasteiger partial charge in [-0.15, -0.1) is 0 Å². The first-order chi connectivity index (χ1) is 4.27. The van der Waals surface area contributed by atoms with Gasteiger partial charge in [0.05, 0.1) is 13.2 Å². The second-order valence-electron chi connectivity index (χ2n) is 2.50. The van der Waals surface area contributed by atoms with Crippen molar-refractivity contribution in [3.63, 3.8) is 0 Å². The summed E-state index contributed by atoms with van der Waals surface area (Å²) in [6, 6.07) is 0. The van der Waals surface area contributed by atoms with Gasteiger partial charge in [-0.2, -0.15) is 0 Å². The first-order valence-corrected chi connectivity index (χ1v) is 3.51. The zero-order valence-electron chi connectivity index (χ0n) is 6.52. The lowest BCUT2D eigenvalue weighted by molar-refractivity contribution is -0.299. The van der Waals surface area contributed by atoms with Gasteiger partial charge in [0, 0.05) is 0 Å². The Kier molecular flexibility index (Phi) is 5.99. The average Bonchev–Trinajstić information content (AvgIpc) is 1.80. The minimum absolute atomic E-state index is 0.557. The summed E-state index contributed by atoms with van der Waals surface area (Å²) in [6.07, 6.45) is 1.01. The maximum atomic E-state index is 4.84. The average molecular weight is 132 g/mol. The molecule has 0 aliphatic rings. The van der Waals surface area contributed by atoms with Crippen LogP contribution in [0.2, 0.25) is 0 Å². The van der Waals surface area contributed by atoms with Gasteiger partial charge < -0.3 is 0 Å². The van der Waals surface area contributed by atoms with Gasteiger partial charge in [0.25, 0.3) is 0 Å². The molecule has 9 heavy (non-hydrogen) atoms. The third-order valence-electron chi connectivity index (χ3n) is 0.772. The van der Waals surface area contributed by atoms with Gasteiger partial charge in [0.15, 0.2) is 0 Å². The fourth-order valence-corrected chi connectivity index (χ4v) is 0.326. The molecular formula is C7H16O2. The van der Waals surface area contributed by atoms with E-state index in [2.05, 4.69) is 20.8 Å². The van der Waals surface area contributed by atoms with Crippen molar-refractivity contribution in [1.29, 1.82) is 0 Å². The van der Waals surface area contributed by atoms with Gasteiger partial charge in [-0.05, 0) is 12.3 Å². The molecule has 0 amide bonds. The fraction of sp³-hybridized carbons (Fsp3) is 1.00. The monoisotopic (exact) mass is 132 g/mol. The molecule has 0 aromatic carbocycles. The topological polar surface area (TPSA) is 18.5 Å². The standard InChI is InChI=1S/C7H16O2/c1-4-5-8-9-6-7(2)3/h7H,4-6H2,1-3H3. The van der Waals surface area contributed by atoms with Gasteiger partial charge in [-0.1, -0.05) is 20.8 Å². The van der Waals surface area contributed by atoms with Gasteiger partial charge >= 0.3 is 0 Å². The Morgan fingerprint density at radius 1 is 1.22 bits per heavy atom. The Balaban J connectivity index is 2.75. The molecule has 0 bridgehead atoms. The maximum Gasteiger partial charge on any atom is 0.0845 e. The predicted molar refractivity (Wildman–Crippen MR) is 37.0 cm³/mol. The van der Waals surface area contributed by atoms with Crippen LogP contribution in [-0.4, -0.2) is 13.2 Å². The van der Waals surface area contributed by atoms with E-state index in [0.29, 0.717) is 19.1 Å². The highest BCUT2D eigenvalue weighted by molar-refractivity contribution is 4.34. The van der Waals surface area contributed by atoms with E-state index in [1.807, 2.05) is 0 Å². The van der Waals surface area contributed by atoms with Crippen LogP contribution < -0.4 is 0 Å². The zero-order valence-corrected chi connectivity index (χ0v) is 6.52. The largest absolute Gasteiger partial charge is 0.237 e. The van der Waals surface area contributed by atoms with E-state index in [-0.39, 0.29) is 0 Å². The quantitative estimate of drug-likeness (QED) is 0.323. The van der Waals surface area contributed by atoms with Crippen molar-refractivity contribution in [2.45, 2.75) is 27.2 Å². The molecule has 0 aliphatic heterocycles. The predicted octanol–water partition coefficient (Wildman–Crippen LogP) is 2.00. The summed E-state index contributed by atoms with van der Waals surface area (Å²) in [5.74, 6) is 0.557. The molecule has 0 fully saturated rings. The van der Waals surface area contributed by atoms with Crippen LogP contribution in [0.4, 0.5) is 0 Å². The second-order valence-corrected chi connectivity index (χ2v) is 2.50. The molecule has 0 spiro atoms. The summed E-state index contributed by atoms with van der Waals surface area (Å²) in [5.41, 5.74) is 0. The molecule has 0 atom stereocenters. The summed E-state index contributed by atoms with van der Waals surface area (Å²) in [4.78, 5) is 9.63.